The smallest absolute Gasteiger partial charge is 0.252 e. The second-order valence-electron chi connectivity index (χ2n) is 12.3. The van der Waals surface area contributed by atoms with Gasteiger partial charge in [0.25, 0.3) is 6.71 Å². The average molecular weight is 562 g/mol. The first-order valence-electron chi connectivity index (χ1n) is 15.3. The maximum absolute atomic E-state index is 4.90. The Kier molecular flexibility index (Phi) is 4.64. The van der Waals surface area contributed by atoms with Gasteiger partial charge >= 0.3 is 0 Å². The molecule has 0 aliphatic carbocycles. The monoisotopic (exact) mass is 562 g/mol. The number of rotatable bonds is 3. The molecule has 2 aliphatic rings. The van der Waals surface area contributed by atoms with Crippen LogP contribution in [-0.2, 0) is 0 Å². The van der Waals surface area contributed by atoms with Gasteiger partial charge in [0.1, 0.15) is 6.33 Å². The van der Waals surface area contributed by atoms with Crippen LogP contribution in [0, 0.1) is 13.8 Å². The van der Waals surface area contributed by atoms with E-state index in [1.165, 1.54) is 66.2 Å². The lowest BCUT2D eigenvalue weighted by atomic mass is 9.34. The highest BCUT2D eigenvalue weighted by Gasteiger charge is 2.40. The minimum absolute atomic E-state index is 0.115. The van der Waals surface area contributed by atoms with E-state index in [2.05, 4.69) is 149 Å². The van der Waals surface area contributed by atoms with Crippen LogP contribution in [0.3, 0.4) is 0 Å². The first-order chi connectivity index (χ1) is 21.7. The highest BCUT2D eigenvalue weighted by molar-refractivity contribution is 7.00. The lowest BCUT2D eigenvalue weighted by Crippen LogP contribution is -2.59. The van der Waals surface area contributed by atoms with Crippen LogP contribution in [0.25, 0.3) is 44.2 Å². The molecular weight excluding hydrogens is 535 g/mol. The van der Waals surface area contributed by atoms with Gasteiger partial charge in [0.15, 0.2) is 0 Å². The molecule has 0 amide bonds. The standard InChI is InChI=1S/C39H27BN4/c1-24-16-17-34-29(18-24)30-19-25(2)20-32-38(30)44(34)36-22-28(43(26-10-5-3-6-11-26)27-12-7-4-8-13-27)21-35-37(36)40(32)31-14-9-15-33-39(31)42(35)23-41-33/h3-23H,1-2H3. The molecule has 0 unspecified atom stereocenters. The molecule has 0 radical (unpaired) electrons. The molecule has 0 atom stereocenters. The third-order valence-electron chi connectivity index (χ3n) is 9.61. The summed E-state index contributed by atoms with van der Waals surface area (Å²) in [7, 11) is 0. The van der Waals surface area contributed by atoms with E-state index in [9.17, 15) is 0 Å². The van der Waals surface area contributed by atoms with E-state index < -0.39 is 0 Å². The molecule has 4 nitrogen and oxygen atoms in total. The number of fused-ring (bicyclic) bond motifs is 7. The fraction of sp³-hybridized carbons (Fsp3) is 0.0513. The summed E-state index contributed by atoms with van der Waals surface area (Å²) in [4.78, 5) is 7.28. The van der Waals surface area contributed by atoms with Crippen LogP contribution in [0.2, 0.25) is 0 Å². The Labute approximate surface area is 255 Å². The van der Waals surface area contributed by atoms with Crippen molar-refractivity contribution in [3.05, 3.63) is 139 Å². The predicted molar refractivity (Wildman–Crippen MR) is 184 cm³/mol. The predicted octanol–water partition coefficient (Wildman–Crippen LogP) is 7.35. The van der Waals surface area contributed by atoms with Crippen molar-refractivity contribution in [1.82, 2.24) is 14.1 Å². The molecule has 5 heteroatoms. The highest BCUT2D eigenvalue weighted by atomic mass is 15.2. The van der Waals surface area contributed by atoms with E-state index in [0.717, 1.165) is 22.6 Å². The Morgan fingerprint density at radius 3 is 2.09 bits per heavy atom. The van der Waals surface area contributed by atoms with Crippen LogP contribution in [0.15, 0.2) is 128 Å². The average Bonchev–Trinajstić information content (AvgIpc) is 3.63. The molecule has 2 aromatic heterocycles. The maximum atomic E-state index is 4.90. The molecule has 2 aliphatic heterocycles. The molecule has 206 valence electrons. The SMILES string of the molecule is Cc1ccc2c(c1)c1cc(C)cc3c1n2-c1cc(N(c2ccccc2)c2ccccc2)cc2c1B3c1cccc3ncn-2c13. The quantitative estimate of drug-likeness (QED) is 0.211. The molecule has 8 aromatic rings. The third kappa shape index (κ3) is 3.06. The minimum atomic E-state index is 0.115. The van der Waals surface area contributed by atoms with Gasteiger partial charge in [0.2, 0.25) is 0 Å². The van der Waals surface area contributed by atoms with Crippen LogP contribution < -0.4 is 21.3 Å². The molecule has 44 heavy (non-hydrogen) atoms. The summed E-state index contributed by atoms with van der Waals surface area (Å²) in [6.07, 6.45) is 2.01. The number of hydrogen-bond acceptors (Lipinski definition) is 2. The van der Waals surface area contributed by atoms with Crippen molar-refractivity contribution in [3.8, 4) is 11.4 Å². The molecule has 6 aromatic carbocycles. The van der Waals surface area contributed by atoms with Crippen molar-refractivity contribution in [2.24, 2.45) is 0 Å². The highest BCUT2D eigenvalue weighted by Crippen LogP contribution is 2.41. The molecule has 0 saturated carbocycles. The number of hydrogen-bond donors (Lipinski definition) is 0. The lowest BCUT2D eigenvalue weighted by Gasteiger charge is -2.35. The van der Waals surface area contributed by atoms with Gasteiger partial charge in [-0.3, -0.25) is 4.57 Å². The minimum Gasteiger partial charge on any atom is -0.310 e. The fourth-order valence-corrected chi connectivity index (χ4v) is 7.92. The van der Waals surface area contributed by atoms with Crippen molar-refractivity contribution in [1.29, 1.82) is 0 Å². The first kappa shape index (κ1) is 24.0. The zero-order chi connectivity index (χ0) is 29.1. The van der Waals surface area contributed by atoms with Gasteiger partial charge in [-0.05, 0) is 90.9 Å². The van der Waals surface area contributed by atoms with E-state index in [0.29, 0.717) is 0 Å². The van der Waals surface area contributed by atoms with Gasteiger partial charge in [-0.1, -0.05) is 71.8 Å². The van der Waals surface area contributed by atoms with Crippen molar-refractivity contribution in [2.45, 2.75) is 13.8 Å². The van der Waals surface area contributed by atoms with Crippen LogP contribution in [0.1, 0.15) is 11.1 Å². The largest absolute Gasteiger partial charge is 0.310 e. The fourth-order valence-electron chi connectivity index (χ4n) is 7.92. The van der Waals surface area contributed by atoms with Crippen molar-refractivity contribution in [3.63, 3.8) is 0 Å². The van der Waals surface area contributed by atoms with E-state index >= 15 is 0 Å². The van der Waals surface area contributed by atoms with Crippen molar-refractivity contribution >= 4 is 73.0 Å². The Morgan fingerprint density at radius 2 is 1.32 bits per heavy atom. The summed E-state index contributed by atoms with van der Waals surface area (Å²) in [5.74, 6) is 0. The van der Waals surface area contributed by atoms with Crippen LogP contribution in [-0.4, -0.2) is 20.8 Å². The Bertz CT molecular complexity index is 2430. The number of aryl methyl sites for hydroxylation is 2. The molecule has 10 rings (SSSR count). The Balaban J connectivity index is 1.40. The summed E-state index contributed by atoms with van der Waals surface area (Å²) >= 11 is 0. The van der Waals surface area contributed by atoms with Crippen molar-refractivity contribution in [2.75, 3.05) is 4.90 Å². The first-order valence-corrected chi connectivity index (χ1v) is 15.3. The number of benzene rings is 6. The Hall–Kier alpha value is -5.55. The molecule has 0 spiro atoms. The number of para-hydroxylation sites is 3. The summed E-state index contributed by atoms with van der Waals surface area (Å²) in [5, 5.41) is 2.63. The maximum Gasteiger partial charge on any atom is 0.252 e. The van der Waals surface area contributed by atoms with Gasteiger partial charge < -0.3 is 9.47 Å². The zero-order valence-electron chi connectivity index (χ0n) is 24.5. The molecule has 0 saturated heterocycles. The van der Waals surface area contributed by atoms with Crippen LogP contribution >= 0.6 is 0 Å². The normalized spacial score (nSPS) is 12.7. The molecule has 0 bridgehead atoms. The van der Waals surface area contributed by atoms with Gasteiger partial charge in [0.05, 0.1) is 22.2 Å². The van der Waals surface area contributed by atoms with Gasteiger partial charge in [-0.25, -0.2) is 4.98 Å². The molecular formula is C39H27BN4. The lowest BCUT2D eigenvalue weighted by molar-refractivity contribution is 1.08. The molecule has 0 N–H and O–H groups in total. The Morgan fingerprint density at radius 1 is 0.591 bits per heavy atom. The van der Waals surface area contributed by atoms with E-state index in [-0.39, 0.29) is 6.71 Å². The van der Waals surface area contributed by atoms with Gasteiger partial charge in [0, 0.05) is 39.0 Å². The third-order valence-corrected chi connectivity index (χ3v) is 9.61. The number of nitrogens with zero attached hydrogens (tertiary/aromatic N) is 4. The molecule has 4 heterocycles. The topological polar surface area (TPSA) is 26.0 Å². The summed E-state index contributed by atoms with van der Waals surface area (Å²) in [6.45, 7) is 4.54. The summed E-state index contributed by atoms with van der Waals surface area (Å²) in [6, 6.07) is 44.5. The molecule has 0 fully saturated rings. The number of aromatic nitrogens is 3. The second kappa shape index (κ2) is 8.52. The summed E-state index contributed by atoms with van der Waals surface area (Å²) < 4.78 is 4.86. The number of imidazole rings is 1. The van der Waals surface area contributed by atoms with Crippen LogP contribution in [0.5, 0.6) is 0 Å². The zero-order valence-corrected chi connectivity index (χ0v) is 24.5. The van der Waals surface area contributed by atoms with E-state index in [4.69, 9.17) is 4.98 Å². The van der Waals surface area contributed by atoms with E-state index in [1.807, 2.05) is 6.33 Å². The summed E-state index contributed by atoms with van der Waals surface area (Å²) in [5.41, 5.74) is 17.2. The second-order valence-corrected chi connectivity index (χ2v) is 12.3. The van der Waals surface area contributed by atoms with Gasteiger partial charge in [-0.15, -0.1) is 0 Å². The number of anilines is 3. The van der Waals surface area contributed by atoms with Gasteiger partial charge in [-0.2, -0.15) is 0 Å². The van der Waals surface area contributed by atoms with E-state index in [1.54, 1.807) is 0 Å². The van der Waals surface area contributed by atoms with Crippen molar-refractivity contribution < 1.29 is 0 Å². The van der Waals surface area contributed by atoms with Crippen LogP contribution in [0.4, 0.5) is 17.1 Å².